The molecule has 120 valence electrons. The van der Waals surface area contributed by atoms with E-state index in [1.807, 2.05) is 0 Å². The van der Waals surface area contributed by atoms with Crippen LogP contribution in [0.15, 0.2) is 12.1 Å². The third kappa shape index (κ3) is 6.81. The van der Waals surface area contributed by atoms with E-state index >= 15 is 0 Å². The molecule has 2 aromatic rings. The molecule has 0 nitrogen and oxygen atoms in total. The van der Waals surface area contributed by atoms with Crippen LogP contribution in [0.5, 0.6) is 0 Å². The summed E-state index contributed by atoms with van der Waals surface area (Å²) in [5, 5.41) is 0. The molecule has 2 heteroatoms. The van der Waals surface area contributed by atoms with Gasteiger partial charge in [0.05, 0.1) is 0 Å². The van der Waals surface area contributed by atoms with E-state index in [2.05, 4.69) is 99.8 Å². The molecule has 0 bridgehead atoms. The Morgan fingerprint density at radius 3 is 0.727 bits per heavy atom. The van der Waals surface area contributed by atoms with Crippen molar-refractivity contribution < 1.29 is 19.2 Å². The molecular weight excluding hydrogens is 316 g/mol. The van der Waals surface area contributed by atoms with Gasteiger partial charge in [0.2, 0.25) is 0 Å². The molecule has 2 rings (SSSR count). The van der Waals surface area contributed by atoms with Crippen LogP contribution >= 0.6 is 0 Å². The van der Waals surface area contributed by atoms with Gasteiger partial charge < -0.3 is 0 Å². The second kappa shape index (κ2) is 9.70. The summed E-state index contributed by atoms with van der Waals surface area (Å²) in [7, 11) is 0. The molecule has 0 aromatic heterocycles. The van der Waals surface area contributed by atoms with Gasteiger partial charge in [-0.1, -0.05) is 55.4 Å². The van der Waals surface area contributed by atoms with Crippen LogP contribution < -0.4 is 0 Å². The van der Waals surface area contributed by atoms with Crippen LogP contribution in [0.1, 0.15) is 44.5 Å². The van der Waals surface area contributed by atoms with Crippen LogP contribution in [-0.2, 0) is 19.2 Å². The van der Waals surface area contributed by atoms with Crippen molar-refractivity contribution in [1.82, 2.24) is 0 Å². The molecular formula is C20H32SiTi. The van der Waals surface area contributed by atoms with Crippen LogP contribution in [0.2, 0.25) is 13.1 Å². The van der Waals surface area contributed by atoms with Gasteiger partial charge in [0, 0.05) is 0 Å². The Bertz CT molecular complexity index is 527. The molecule has 0 fully saturated rings. The average molecular weight is 348 g/mol. The molecule has 0 saturated carbocycles. The zero-order valence-electron chi connectivity index (χ0n) is 16.2. The van der Waals surface area contributed by atoms with E-state index < -0.39 is 0 Å². The second-order valence-corrected chi connectivity index (χ2v) is 13.2. The molecule has 0 N–H and O–H groups in total. The number of hydrogen-bond donors (Lipinski definition) is 0. The van der Waals surface area contributed by atoms with Crippen molar-refractivity contribution in [3.05, 3.63) is 56.6 Å². The van der Waals surface area contributed by atoms with Crippen molar-refractivity contribution in [2.24, 2.45) is 0 Å². The molecule has 0 aliphatic heterocycles. The van der Waals surface area contributed by atoms with Gasteiger partial charge in [-0.15, -0.1) is 0 Å². The fourth-order valence-electron chi connectivity index (χ4n) is 2.27. The predicted octanol–water partition coefficient (Wildman–Crippen LogP) is 6.06. The summed E-state index contributed by atoms with van der Waals surface area (Å²) < 4.78 is 0. The van der Waals surface area contributed by atoms with Crippen molar-refractivity contribution in [3.8, 4) is 0 Å². The van der Waals surface area contributed by atoms with Gasteiger partial charge >= 0.3 is 38.5 Å². The molecule has 0 unspecified atom stereocenters. The number of hydrogen-bond acceptors (Lipinski definition) is 0. The van der Waals surface area contributed by atoms with E-state index in [1.54, 1.807) is 0 Å². The van der Waals surface area contributed by atoms with Crippen molar-refractivity contribution in [2.45, 2.75) is 68.5 Å². The molecule has 0 amide bonds. The van der Waals surface area contributed by atoms with E-state index in [1.165, 1.54) is 44.5 Å². The maximum Gasteiger partial charge on any atom is -0.0632 e. The molecule has 0 radical (unpaired) electrons. The largest absolute Gasteiger partial charge is 0.196 e. The monoisotopic (exact) mass is 348 g/mol. The summed E-state index contributed by atoms with van der Waals surface area (Å²) in [5.74, 6) is 0. The maximum atomic E-state index is 2.27. The van der Waals surface area contributed by atoms with Crippen molar-refractivity contribution in [3.63, 3.8) is 0 Å². The predicted molar refractivity (Wildman–Crippen MR) is 99.4 cm³/mol. The van der Waals surface area contributed by atoms with E-state index in [0.717, 1.165) is 0 Å². The Labute approximate surface area is 150 Å². The quantitative estimate of drug-likeness (QED) is 0.401. The van der Waals surface area contributed by atoms with Gasteiger partial charge in [-0.25, -0.2) is 0 Å². The second-order valence-electron chi connectivity index (χ2n) is 6.52. The van der Waals surface area contributed by atoms with Gasteiger partial charge in [-0.3, -0.25) is 0 Å². The average Bonchev–Trinajstić information content (AvgIpc) is 2.75. The van der Waals surface area contributed by atoms with Crippen LogP contribution in [0, 0.1) is 55.4 Å². The number of rotatable bonds is 0. The maximum absolute atomic E-state index is 2.27. The summed E-state index contributed by atoms with van der Waals surface area (Å²) in [6, 6.07) is 4.48. The van der Waals surface area contributed by atoms with E-state index in [0.29, 0.717) is 0 Å². The van der Waals surface area contributed by atoms with Crippen LogP contribution in [0.3, 0.4) is 0 Å². The minimum Gasteiger partial charge on any atom is -0.196 e. The zero-order chi connectivity index (χ0) is 17.6. The Hall–Kier alpha value is -0.369. The van der Waals surface area contributed by atoms with E-state index in [4.69, 9.17) is 0 Å². The smallest absolute Gasteiger partial charge is 0.0632 e. The molecule has 0 aliphatic rings. The van der Waals surface area contributed by atoms with Crippen LogP contribution in [-0.4, -0.2) is 6.19 Å². The standard InChI is InChI=1S/2C9H13.C2H6Si.Ti/c2*1-6-5-7(2)9(4)8(6)3;1-3-2;/h2*5H,1-4H3;1-2H3;/q2*-1;;+2. The molecule has 22 heavy (non-hydrogen) atoms. The fourth-order valence-corrected chi connectivity index (χ4v) is 2.27. The Morgan fingerprint density at radius 1 is 0.545 bits per heavy atom. The molecule has 0 saturated heterocycles. The third-order valence-electron chi connectivity index (χ3n) is 4.36. The Kier molecular flexibility index (Phi) is 9.54. The summed E-state index contributed by atoms with van der Waals surface area (Å²) in [5.41, 5.74) is 11.5. The van der Waals surface area contributed by atoms with Gasteiger partial charge in [-0.2, -0.15) is 56.6 Å². The summed E-state index contributed by atoms with van der Waals surface area (Å²) in [4.78, 5) is 0. The fraction of sp³-hybridized carbons (Fsp3) is 0.500. The molecule has 0 atom stereocenters. The zero-order valence-corrected chi connectivity index (χ0v) is 18.7. The third-order valence-corrected chi connectivity index (χ3v) is 4.36. The molecule has 0 aliphatic carbocycles. The van der Waals surface area contributed by atoms with Gasteiger partial charge in [0.15, 0.2) is 0 Å². The molecule has 0 spiro atoms. The number of aryl methyl sites for hydroxylation is 4. The first-order valence-electron chi connectivity index (χ1n) is 7.90. The minimum absolute atomic E-state index is 0.120. The SMILES string of the molecule is C[Si](C)=[Ti+2].Cc1[cH-]c(C)c(C)c1C.Cc1[cH-]c(C)c(C)c1C. The van der Waals surface area contributed by atoms with Gasteiger partial charge in [0.25, 0.3) is 0 Å². The van der Waals surface area contributed by atoms with E-state index in [9.17, 15) is 0 Å². The van der Waals surface area contributed by atoms with Gasteiger partial charge in [-0.05, 0) is 0 Å². The van der Waals surface area contributed by atoms with Crippen molar-refractivity contribution >= 4 is 6.19 Å². The first-order valence-corrected chi connectivity index (χ1v) is 12.7. The van der Waals surface area contributed by atoms with Crippen molar-refractivity contribution in [1.29, 1.82) is 0 Å². The minimum atomic E-state index is 0.120. The molecule has 2 aromatic carbocycles. The first-order chi connectivity index (χ1) is 9.98. The Morgan fingerprint density at radius 2 is 0.682 bits per heavy atom. The van der Waals surface area contributed by atoms with Gasteiger partial charge in [0.1, 0.15) is 0 Å². The molecule has 0 heterocycles. The normalized spacial score (nSPS) is 9.64. The van der Waals surface area contributed by atoms with E-state index in [-0.39, 0.29) is 6.19 Å². The van der Waals surface area contributed by atoms with Crippen LogP contribution in [0.4, 0.5) is 0 Å². The summed E-state index contributed by atoms with van der Waals surface area (Å²) in [6.07, 6.45) is 0.120. The first kappa shape index (κ1) is 21.6. The topological polar surface area (TPSA) is 0 Å². The Balaban J connectivity index is 0.000000326. The summed E-state index contributed by atoms with van der Waals surface area (Å²) in [6.45, 7) is 21.9. The van der Waals surface area contributed by atoms with Crippen LogP contribution in [0.25, 0.3) is 0 Å². The summed E-state index contributed by atoms with van der Waals surface area (Å²) >= 11 is 2.27. The van der Waals surface area contributed by atoms with Crippen molar-refractivity contribution in [2.75, 3.05) is 0 Å².